The first-order valence-corrected chi connectivity index (χ1v) is 12.1. The molecule has 1 fully saturated rings. The van der Waals surface area contributed by atoms with E-state index in [0.29, 0.717) is 18.0 Å². The summed E-state index contributed by atoms with van der Waals surface area (Å²) in [6, 6.07) is 7.78. The van der Waals surface area contributed by atoms with Gasteiger partial charge in [0, 0.05) is 23.2 Å². The molecule has 0 aromatic heterocycles. The largest absolute Gasteiger partial charge is 0.490 e. The lowest BCUT2D eigenvalue weighted by Crippen LogP contribution is -2.55. The van der Waals surface area contributed by atoms with Crippen molar-refractivity contribution in [3.63, 3.8) is 0 Å². The van der Waals surface area contributed by atoms with Gasteiger partial charge in [0.2, 0.25) is 0 Å². The number of hydrogen-bond donors (Lipinski definition) is 1. The minimum Gasteiger partial charge on any atom is -0.490 e. The molecule has 31 heavy (non-hydrogen) atoms. The normalized spacial score (nSPS) is 25.2. The van der Waals surface area contributed by atoms with Crippen LogP contribution < -0.4 is 10.1 Å². The highest BCUT2D eigenvalue weighted by molar-refractivity contribution is 7.92. The van der Waals surface area contributed by atoms with Crippen LogP contribution in [0.1, 0.15) is 31.7 Å². The van der Waals surface area contributed by atoms with Gasteiger partial charge in [0.1, 0.15) is 10.6 Å². The van der Waals surface area contributed by atoms with Gasteiger partial charge in [-0.05, 0) is 62.1 Å². The molecule has 0 bridgehead atoms. The average molecular weight is 468 g/mol. The maximum atomic E-state index is 15.3. The van der Waals surface area contributed by atoms with Crippen LogP contribution in [0.2, 0.25) is 5.02 Å². The Morgan fingerprint density at radius 3 is 2.58 bits per heavy atom. The molecule has 2 aromatic carbocycles. The Morgan fingerprint density at radius 2 is 1.90 bits per heavy atom. The number of hydrogen-bond acceptors (Lipinski definition) is 4. The number of allylic oxidation sites excluding steroid dienone is 1. The molecule has 8 heteroatoms. The molecule has 2 aliphatic rings. The predicted octanol–water partition coefficient (Wildman–Crippen LogP) is 5.22. The van der Waals surface area contributed by atoms with E-state index in [0.717, 1.165) is 24.3 Å². The monoisotopic (exact) mass is 467 g/mol. The second-order valence-corrected chi connectivity index (χ2v) is 11.0. The number of fused-ring (bicyclic) bond motifs is 3. The first-order chi connectivity index (χ1) is 14.7. The summed E-state index contributed by atoms with van der Waals surface area (Å²) in [4.78, 5) is 0.0342. The van der Waals surface area contributed by atoms with Crippen molar-refractivity contribution in [1.82, 2.24) is 5.32 Å². The smallest absolute Gasteiger partial charge is 0.188 e. The molecule has 3 atom stereocenters. The Labute approximate surface area is 186 Å². The van der Waals surface area contributed by atoms with Gasteiger partial charge in [-0.1, -0.05) is 24.6 Å². The third-order valence-electron chi connectivity index (χ3n) is 6.45. The fraction of sp³-hybridized carbons (Fsp3) is 0.391. The van der Waals surface area contributed by atoms with Crippen LogP contribution in [0.15, 0.2) is 53.6 Å². The van der Waals surface area contributed by atoms with Crippen molar-refractivity contribution >= 4 is 21.4 Å². The van der Waals surface area contributed by atoms with Crippen molar-refractivity contribution < 1.29 is 21.9 Å². The van der Waals surface area contributed by atoms with Gasteiger partial charge in [0.05, 0.1) is 17.1 Å². The summed E-state index contributed by atoms with van der Waals surface area (Å²) in [5.74, 6) is -2.52. The number of nitrogens with one attached hydrogen (secondary N) is 1. The topological polar surface area (TPSA) is 55.4 Å². The summed E-state index contributed by atoms with van der Waals surface area (Å²) in [6.45, 7) is 6.13. The van der Waals surface area contributed by atoms with Gasteiger partial charge in [0.15, 0.2) is 21.4 Å². The molecule has 166 valence electrons. The Bertz CT molecular complexity index is 1120. The van der Waals surface area contributed by atoms with E-state index in [1.54, 1.807) is 0 Å². The Hall–Kier alpha value is -2.12. The molecule has 0 saturated heterocycles. The molecule has 1 saturated carbocycles. The van der Waals surface area contributed by atoms with Gasteiger partial charge in [-0.15, -0.1) is 0 Å². The van der Waals surface area contributed by atoms with Gasteiger partial charge < -0.3 is 10.1 Å². The van der Waals surface area contributed by atoms with Crippen LogP contribution in [0, 0.1) is 23.5 Å². The van der Waals surface area contributed by atoms with E-state index < -0.39 is 32.1 Å². The average Bonchev–Trinajstić information content (AvgIpc) is 2.74. The van der Waals surface area contributed by atoms with Gasteiger partial charge in [-0.2, -0.15) is 0 Å². The Morgan fingerprint density at radius 1 is 1.23 bits per heavy atom. The summed E-state index contributed by atoms with van der Waals surface area (Å²) in [5, 5.41) is 3.58. The molecule has 0 spiro atoms. The van der Waals surface area contributed by atoms with Crippen LogP contribution in [-0.4, -0.2) is 21.6 Å². The van der Waals surface area contributed by atoms with Crippen LogP contribution >= 0.6 is 11.6 Å². The summed E-state index contributed by atoms with van der Waals surface area (Å²) >= 11 is 5.96. The van der Waals surface area contributed by atoms with Crippen LogP contribution in [0.4, 0.5) is 8.78 Å². The SMILES string of the molecule is C=C(C)NC[C@@H]1CCC[C@@]2(S(=O)(=O)c3ccc(Cl)cc3)c3c(F)ccc(F)c3OCC12. The maximum Gasteiger partial charge on any atom is 0.188 e. The molecular weight excluding hydrogens is 444 g/mol. The van der Waals surface area contributed by atoms with E-state index in [1.165, 1.54) is 24.3 Å². The molecule has 1 aliphatic carbocycles. The molecule has 2 aromatic rings. The van der Waals surface area contributed by atoms with E-state index in [4.69, 9.17) is 16.3 Å². The van der Waals surface area contributed by atoms with E-state index in [9.17, 15) is 12.8 Å². The van der Waals surface area contributed by atoms with Crippen molar-refractivity contribution in [2.75, 3.05) is 13.2 Å². The lowest BCUT2D eigenvalue weighted by molar-refractivity contribution is 0.0758. The van der Waals surface area contributed by atoms with Crippen LogP contribution in [0.3, 0.4) is 0 Å². The molecule has 1 unspecified atom stereocenters. The van der Waals surface area contributed by atoms with Crippen molar-refractivity contribution in [2.24, 2.45) is 11.8 Å². The number of sulfone groups is 1. The summed E-state index contributed by atoms with van der Waals surface area (Å²) < 4.78 is 62.2. The third-order valence-corrected chi connectivity index (χ3v) is 9.26. The Kier molecular flexibility index (Phi) is 5.77. The highest BCUT2D eigenvalue weighted by atomic mass is 35.5. The molecule has 4 nitrogen and oxygen atoms in total. The maximum absolute atomic E-state index is 15.3. The van der Waals surface area contributed by atoms with Crippen LogP contribution in [0.5, 0.6) is 5.75 Å². The Balaban J connectivity index is 1.96. The van der Waals surface area contributed by atoms with Crippen molar-refractivity contribution in [3.05, 3.63) is 70.9 Å². The fourth-order valence-corrected chi connectivity index (χ4v) is 7.63. The second kappa shape index (κ2) is 8.10. The number of benzene rings is 2. The van der Waals surface area contributed by atoms with Gasteiger partial charge in [0.25, 0.3) is 0 Å². The highest BCUT2D eigenvalue weighted by Gasteiger charge is 2.60. The zero-order valence-corrected chi connectivity index (χ0v) is 18.7. The molecule has 0 amide bonds. The van der Waals surface area contributed by atoms with E-state index in [1.807, 2.05) is 6.92 Å². The number of halogens is 3. The first kappa shape index (κ1) is 22.1. The summed E-state index contributed by atoms with van der Waals surface area (Å²) in [6.07, 6.45) is 1.49. The molecular formula is C23H24ClF2NO3S. The lowest BCUT2D eigenvalue weighted by Gasteiger charge is -2.50. The lowest BCUT2D eigenvalue weighted by atomic mass is 9.67. The minimum atomic E-state index is -4.12. The van der Waals surface area contributed by atoms with Gasteiger partial charge in [-0.3, -0.25) is 0 Å². The minimum absolute atomic E-state index is 0.0112. The first-order valence-electron chi connectivity index (χ1n) is 10.2. The van der Waals surface area contributed by atoms with E-state index in [-0.39, 0.29) is 35.2 Å². The molecule has 4 rings (SSSR count). The molecule has 1 aliphatic heterocycles. The van der Waals surface area contributed by atoms with Gasteiger partial charge in [-0.25, -0.2) is 17.2 Å². The fourth-order valence-electron chi connectivity index (χ4n) is 5.06. The second-order valence-electron chi connectivity index (χ2n) is 8.31. The van der Waals surface area contributed by atoms with Crippen LogP contribution in [-0.2, 0) is 14.6 Å². The number of ether oxygens (including phenoxy) is 1. The summed E-state index contributed by atoms with van der Waals surface area (Å²) in [7, 11) is -4.12. The molecule has 1 heterocycles. The molecule has 0 radical (unpaired) electrons. The van der Waals surface area contributed by atoms with Crippen LogP contribution in [0.25, 0.3) is 0 Å². The van der Waals surface area contributed by atoms with Crippen molar-refractivity contribution in [3.8, 4) is 5.75 Å². The molecule has 1 N–H and O–H groups in total. The standard InChI is InChI=1S/C23H24ClF2NO3S/c1-14(2)27-12-15-4-3-11-23(31(28,29)17-7-5-16(24)6-8-17)18(15)13-30-22-20(26)10-9-19(25)21(22)23/h5-10,15,18,27H,1,3-4,11-13H2,2H3/t15-,18?,23-/m0/s1. The quantitative estimate of drug-likeness (QED) is 0.655. The third kappa shape index (κ3) is 3.52. The van der Waals surface area contributed by atoms with Crippen molar-refractivity contribution in [1.29, 1.82) is 0 Å². The zero-order chi connectivity index (χ0) is 22.4. The van der Waals surface area contributed by atoms with E-state index in [2.05, 4.69) is 11.9 Å². The predicted molar refractivity (Wildman–Crippen MR) is 116 cm³/mol. The summed E-state index contributed by atoms with van der Waals surface area (Å²) in [5.41, 5.74) is 0.560. The van der Waals surface area contributed by atoms with Crippen molar-refractivity contribution in [2.45, 2.75) is 35.8 Å². The van der Waals surface area contributed by atoms with Gasteiger partial charge >= 0.3 is 0 Å². The number of rotatable bonds is 5. The van der Waals surface area contributed by atoms with E-state index >= 15 is 4.39 Å². The zero-order valence-electron chi connectivity index (χ0n) is 17.1. The highest BCUT2D eigenvalue weighted by Crippen LogP contribution is 2.58.